The van der Waals surface area contributed by atoms with Gasteiger partial charge in [-0.05, 0) is 18.2 Å². The molecule has 0 aliphatic rings. The van der Waals surface area contributed by atoms with Gasteiger partial charge in [0.25, 0.3) is 0 Å². The highest BCUT2D eigenvalue weighted by molar-refractivity contribution is 5.70. The lowest BCUT2D eigenvalue weighted by Crippen LogP contribution is -2.23. The smallest absolute Gasteiger partial charge is 0.308 e. The number of methoxy groups -OCH3 is 1. The van der Waals surface area contributed by atoms with Gasteiger partial charge in [0.2, 0.25) is 0 Å². The Balaban J connectivity index is 2.18. The van der Waals surface area contributed by atoms with Crippen LogP contribution in [0.25, 0.3) is 0 Å². The summed E-state index contributed by atoms with van der Waals surface area (Å²) >= 11 is 0. The minimum absolute atomic E-state index is 0.267. The topological polar surface area (TPSA) is 78.8 Å². The highest BCUT2D eigenvalue weighted by Gasteiger charge is 2.23. The Kier molecular flexibility index (Phi) is 5.52. The average Bonchev–Trinajstić information content (AvgIpc) is 2.55. The van der Waals surface area contributed by atoms with E-state index in [0.717, 1.165) is 5.69 Å². The van der Waals surface area contributed by atoms with Crippen molar-refractivity contribution in [2.24, 2.45) is 0 Å². The summed E-state index contributed by atoms with van der Waals surface area (Å²) in [5.74, 6) is -0.569. The number of nitrogens with one attached hydrogen (secondary N) is 1. The molecule has 5 nitrogen and oxygen atoms in total. The van der Waals surface area contributed by atoms with Crippen LogP contribution in [0.15, 0.2) is 54.6 Å². The zero-order chi connectivity index (χ0) is 15.9. The molecule has 3 N–H and O–H groups in total. The third kappa shape index (κ3) is 4.07. The Bertz CT molecular complexity index is 615. The quantitative estimate of drug-likeness (QED) is 0.714. The lowest BCUT2D eigenvalue weighted by atomic mass is 10.00. The second-order valence-electron chi connectivity index (χ2n) is 4.87. The fourth-order valence-electron chi connectivity index (χ4n) is 2.12. The maximum Gasteiger partial charge on any atom is 0.308 e. The maximum atomic E-state index is 11.2. The van der Waals surface area contributed by atoms with Crippen LogP contribution in [-0.4, -0.2) is 29.4 Å². The van der Waals surface area contributed by atoms with Gasteiger partial charge in [-0.2, -0.15) is 0 Å². The van der Waals surface area contributed by atoms with Gasteiger partial charge in [-0.3, -0.25) is 4.79 Å². The molecule has 116 valence electrons. The van der Waals surface area contributed by atoms with Crippen LogP contribution in [0, 0.1) is 0 Å². The molecule has 0 saturated carbocycles. The standard InChI is InChI=1S/C17H19NO4/c1-22-16(20)11-15(19)17(21)13-9-5-6-10-14(13)18-12-7-3-2-4-8-12/h2-10,15,17-19,21H,11H2,1H3. The summed E-state index contributed by atoms with van der Waals surface area (Å²) in [7, 11) is 1.24. The van der Waals surface area contributed by atoms with Gasteiger partial charge in [-0.25, -0.2) is 0 Å². The first-order valence-electron chi connectivity index (χ1n) is 6.95. The SMILES string of the molecule is COC(=O)CC(O)C(O)c1ccccc1Nc1ccccc1. The molecule has 0 aromatic heterocycles. The van der Waals surface area contributed by atoms with Crippen LogP contribution in [0.4, 0.5) is 11.4 Å². The summed E-state index contributed by atoms with van der Waals surface area (Å²) in [6.45, 7) is 0. The molecule has 0 saturated heterocycles. The van der Waals surface area contributed by atoms with E-state index in [1.807, 2.05) is 36.4 Å². The number of hydrogen-bond donors (Lipinski definition) is 3. The Morgan fingerprint density at radius 3 is 2.41 bits per heavy atom. The monoisotopic (exact) mass is 301 g/mol. The first-order chi connectivity index (χ1) is 10.6. The molecular formula is C17H19NO4. The van der Waals surface area contributed by atoms with Crippen molar-refractivity contribution in [2.45, 2.75) is 18.6 Å². The van der Waals surface area contributed by atoms with Crippen LogP contribution >= 0.6 is 0 Å². The fourth-order valence-corrected chi connectivity index (χ4v) is 2.12. The van der Waals surface area contributed by atoms with Crippen molar-refractivity contribution >= 4 is 17.3 Å². The molecule has 0 aliphatic heterocycles. The van der Waals surface area contributed by atoms with Gasteiger partial charge in [-0.1, -0.05) is 36.4 Å². The van der Waals surface area contributed by atoms with Gasteiger partial charge >= 0.3 is 5.97 Å². The van der Waals surface area contributed by atoms with Crippen LogP contribution in [0.3, 0.4) is 0 Å². The van der Waals surface area contributed by atoms with Crippen molar-refractivity contribution < 1.29 is 19.7 Å². The van der Waals surface area contributed by atoms with Gasteiger partial charge in [-0.15, -0.1) is 0 Å². The second kappa shape index (κ2) is 7.59. The van der Waals surface area contributed by atoms with E-state index in [9.17, 15) is 15.0 Å². The number of hydrogen-bond acceptors (Lipinski definition) is 5. The molecule has 0 spiro atoms. The Hall–Kier alpha value is -2.37. The summed E-state index contributed by atoms with van der Waals surface area (Å²) in [6, 6.07) is 16.6. The molecule has 5 heteroatoms. The van der Waals surface area contributed by atoms with Gasteiger partial charge in [0.05, 0.1) is 19.6 Å². The molecule has 2 aromatic carbocycles. The second-order valence-corrected chi connectivity index (χ2v) is 4.87. The minimum Gasteiger partial charge on any atom is -0.469 e. The molecular weight excluding hydrogens is 282 g/mol. The van der Waals surface area contributed by atoms with E-state index in [-0.39, 0.29) is 6.42 Å². The van der Waals surface area contributed by atoms with Crippen molar-refractivity contribution in [3.63, 3.8) is 0 Å². The van der Waals surface area contributed by atoms with Crippen LogP contribution < -0.4 is 5.32 Å². The third-order valence-electron chi connectivity index (χ3n) is 3.30. The zero-order valence-corrected chi connectivity index (χ0v) is 12.3. The minimum atomic E-state index is -1.23. The maximum absolute atomic E-state index is 11.2. The number of carbonyl (C=O) groups is 1. The van der Waals surface area contributed by atoms with Crippen molar-refractivity contribution in [1.82, 2.24) is 0 Å². The summed E-state index contributed by atoms with van der Waals surface area (Å²) in [4.78, 5) is 11.2. The number of ether oxygens (including phenoxy) is 1. The number of para-hydroxylation sites is 2. The third-order valence-corrected chi connectivity index (χ3v) is 3.30. The molecule has 0 bridgehead atoms. The number of aliphatic hydroxyl groups excluding tert-OH is 2. The first kappa shape index (κ1) is 16.0. The zero-order valence-electron chi connectivity index (χ0n) is 12.3. The number of benzene rings is 2. The van der Waals surface area contributed by atoms with Crippen molar-refractivity contribution in [1.29, 1.82) is 0 Å². The average molecular weight is 301 g/mol. The summed E-state index contributed by atoms with van der Waals surface area (Å²) in [6.07, 6.45) is -2.69. The largest absolute Gasteiger partial charge is 0.469 e. The molecule has 0 heterocycles. The number of aliphatic hydroxyl groups is 2. The van der Waals surface area contributed by atoms with Crippen molar-refractivity contribution in [3.8, 4) is 0 Å². The molecule has 0 aliphatic carbocycles. The normalized spacial score (nSPS) is 13.2. The molecule has 2 aromatic rings. The summed E-state index contributed by atoms with van der Waals surface area (Å²) in [5, 5.41) is 23.5. The Labute approximate surface area is 129 Å². The number of carbonyl (C=O) groups excluding carboxylic acids is 1. The van der Waals surface area contributed by atoms with Crippen molar-refractivity contribution in [3.05, 3.63) is 60.2 Å². The predicted molar refractivity (Wildman–Crippen MR) is 83.8 cm³/mol. The van der Waals surface area contributed by atoms with Gasteiger partial charge in [0.1, 0.15) is 6.10 Å². The lowest BCUT2D eigenvalue weighted by Gasteiger charge is -2.20. The highest BCUT2D eigenvalue weighted by Crippen LogP contribution is 2.28. The summed E-state index contributed by atoms with van der Waals surface area (Å²) in [5.41, 5.74) is 2.05. The van der Waals surface area contributed by atoms with Crippen LogP contribution in [-0.2, 0) is 9.53 Å². The number of anilines is 2. The van der Waals surface area contributed by atoms with E-state index >= 15 is 0 Å². The Morgan fingerprint density at radius 1 is 1.09 bits per heavy atom. The molecule has 0 fully saturated rings. The molecule has 2 atom stereocenters. The number of rotatable bonds is 6. The van der Waals surface area contributed by atoms with E-state index in [4.69, 9.17) is 0 Å². The number of esters is 1. The summed E-state index contributed by atoms with van der Waals surface area (Å²) < 4.78 is 4.51. The first-order valence-corrected chi connectivity index (χ1v) is 6.95. The fraction of sp³-hybridized carbons (Fsp3) is 0.235. The molecule has 0 amide bonds. The molecule has 22 heavy (non-hydrogen) atoms. The highest BCUT2D eigenvalue weighted by atomic mass is 16.5. The van der Waals surface area contributed by atoms with E-state index in [2.05, 4.69) is 10.1 Å². The Morgan fingerprint density at radius 2 is 1.73 bits per heavy atom. The van der Waals surface area contributed by atoms with Crippen molar-refractivity contribution in [2.75, 3.05) is 12.4 Å². The predicted octanol–water partition coefficient (Wildman–Crippen LogP) is 2.39. The van der Waals surface area contributed by atoms with Gasteiger partial charge < -0.3 is 20.3 Å². The van der Waals surface area contributed by atoms with E-state index in [1.54, 1.807) is 18.2 Å². The lowest BCUT2D eigenvalue weighted by molar-refractivity contribution is -0.144. The molecule has 0 radical (unpaired) electrons. The van der Waals surface area contributed by atoms with E-state index in [1.165, 1.54) is 7.11 Å². The van der Waals surface area contributed by atoms with Crippen LogP contribution in [0.2, 0.25) is 0 Å². The molecule has 2 rings (SSSR count). The van der Waals surface area contributed by atoms with Gasteiger partial charge in [0.15, 0.2) is 0 Å². The van der Waals surface area contributed by atoms with Gasteiger partial charge in [0, 0.05) is 16.9 Å². The van der Waals surface area contributed by atoms with E-state index < -0.39 is 18.2 Å². The van der Waals surface area contributed by atoms with E-state index in [0.29, 0.717) is 11.3 Å². The van der Waals surface area contributed by atoms with Crippen LogP contribution in [0.5, 0.6) is 0 Å². The molecule has 2 unspecified atom stereocenters. The van der Waals surface area contributed by atoms with Crippen LogP contribution in [0.1, 0.15) is 18.1 Å².